The average molecular weight is 118 g/mol. The quantitative estimate of drug-likeness (QED) is 0.300. The lowest BCUT2D eigenvalue weighted by molar-refractivity contribution is -0.0863. The highest BCUT2D eigenvalue weighted by Gasteiger charge is 1.82. The summed E-state index contributed by atoms with van der Waals surface area (Å²) in [4.78, 5) is 4.63. The molecule has 0 aliphatic carbocycles. The Morgan fingerprint density at radius 2 is 2.25 bits per heavy atom. The molecule has 0 aromatic carbocycles. The molecule has 1 radical (unpaired) electrons. The minimum atomic E-state index is 0.264. The minimum Gasteiger partial charge on any atom is -0.357 e. The average Bonchev–Trinajstić information content (AvgIpc) is 1.81. The van der Waals surface area contributed by atoms with Gasteiger partial charge < -0.3 is 4.74 Å². The molecule has 0 heterocycles. The standard InChI is InChI=1S/C5H12NO2/c1-3-4-6-8-5-7-2/h3-5H2,1-2H3. The summed E-state index contributed by atoms with van der Waals surface area (Å²) in [6.07, 6.45) is 1.02. The fourth-order valence-corrected chi connectivity index (χ4v) is 0.246. The van der Waals surface area contributed by atoms with E-state index < -0.39 is 0 Å². The van der Waals surface area contributed by atoms with Gasteiger partial charge in [-0.3, -0.25) is 4.84 Å². The van der Waals surface area contributed by atoms with Crippen LogP contribution in [0.2, 0.25) is 0 Å². The first-order chi connectivity index (χ1) is 3.91. The van der Waals surface area contributed by atoms with Crippen molar-refractivity contribution in [3.8, 4) is 0 Å². The number of methoxy groups -OCH3 is 1. The smallest absolute Gasteiger partial charge is 0.168 e. The van der Waals surface area contributed by atoms with E-state index in [4.69, 9.17) is 0 Å². The van der Waals surface area contributed by atoms with Gasteiger partial charge in [-0.05, 0) is 6.42 Å². The molecular formula is C5H12NO2. The molecule has 0 fully saturated rings. The molecule has 3 heteroatoms. The number of hydrogen-bond donors (Lipinski definition) is 0. The molecular weight excluding hydrogens is 106 g/mol. The predicted molar refractivity (Wildman–Crippen MR) is 30.3 cm³/mol. The van der Waals surface area contributed by atoms with Crippen molar-refractivity contribution in [2.24, 2.45) is 0 Å². The van der Waals surface area contributed by atoms with Crippen molar-refractivity contribution in [1.29, 1.82) is 0 Å². The molecule has 0 saturated carbocycles. The van der Waals surface area contributed by atoms with E-state index in [0.29, 0.717) is 0 Å². The largest absolute Gasteiger partial charge is 0.357 e. The zero-order valence-corrected chi connectivity index (χ0v) is 5.39. The van der Waals surface area contributed by atoms with Crippen molar-refractivity contribution in [2.75, 3.05) is 20.4 Å². The van der Waals surface area contributed by atoms with Crippen LogP contribution < -0.4 is 5.48 Å². The van der Waals surface area contributed by atoms with Crippen LogP contribution in [0.3, 0.4) is 0 Å². The summed E-state index contributed by atoms with van der Waals surface area (Å²) in [6.45, 7) is 3.06. The zero-order chi connectivity index (χ0) is 6.24. The van der Waals surface area contributed by atoms with E-state index >= 15 is 0 Å². The molecule has 0 aliphatic rings. The SMILES string of the molecule is CCC[N]OCOC. The Kier molecular flexibility index (Phi) is 6.78. The maximum Gasteiger partial charge on any atom is 0.168 e. The molecule has 0 aromatic heterocycles. The summed E-state index contributed by atoms with van der Waals surface area (Å²) in [6, 6.07) is 0. The summed E-state index contributed by atoms with van der Waals surface area (Å²) in [7, 11) is 1.57. The van der Waals surface area contributed by atoms with E-state index in [2.05, 4.69) is 15.1 Å². The molecule has 0 spiro atoms. The first-order valence-corrected chi connectivity index (χ1v) is 2.69. The van der Waals surface area contributed by atoms with E-state index in [9.17, 15) is 0 Å². The van der Waals surface area contributed by atoms with Crippen LogP contribution in [0.1, 0.15) is 13.3 Å². The van der Waals surface area contributed by atoms with Crippen molar-refractivity contribution >= 4 is 0 Å². The second-order valence-corrected chi connectivity index (χ2v) is 1.39. The number of ether oxygens (including phenoxy) is 1. The van der Waals surface area contributed by atoms with Crippen molar-refractivity contribution in [2.45, 2.75) is 13.3 Å². The number of hydrogen-bond acceptors (Lipinski definition) is 2. The van der Waals surface area contributed by atoms with Crippen LogP contribution in [0.4, 0.5) is 0 Å². The van der Waals surface area contributed by atoms with Crippen LogP contribution in [0, 0.1) is 0 Å². The predicted octanol–water partition coefficient (Wildman–Crippen LogP) is 0.536. The van der Waals surface area contributed by atoms with Gasteiger partial charge in [-0.25, -0.2) is 0 Å². The zero-order valence-electron chi connectivity index (χ0n) is 5.39. The summed E-state index contributed by atoms with van der Waals surface area (Å²) in [5.41, 5.74) is 3.65. The van der Waals surface area contributed by atoms with Crippen molar-refractivity contribution < 1.29 is 9.57 Å². The summed E-state index contributed by atoms with van der Waals surface area (Å²) < 4.78 is 4.57. The third-order valence-corrected chi connectivity index (χ3v) is 0.577. The third-order valence-electron chi connectivity index (χ3n) is 0.577. The Hall–Kier alpha value is -0.120. The minimum absolute atomic E-state index is 0.264. The molecule has 0 aliphatic heterocycles. The lowest BCUT2D eigenvalue weighted by atomic mass is 10.5. The monoisotopic (exact) mass is 118 g/mol. The Morgan fingerprint density at radius 1 is 1.50 bits per heavy atom. The highest BCUT2D eigenvalue weighted by atomic mass is 16.7. The van der Waals surface area contributed by atoms with E-state index in [1.165, 1.54) is 0 Å². The van der Waals surface area contributed by atoms with Gasteiger partial charge in [-0.1, -0.05) is 12.4 Å². The Labute approximate surface area is 49.9 Å². The highest BCUT2D eigenvalue weighted by Crippen LogP contribution is 1.73. The van der Waals surface area contributed by atoms with E-state index in [-0.39, 0.29) is 6.79 Å². The first kappa shape index (κ1) is 7.88. The molecule has 0 aromatic rings. The van der Waals surface area contributed by atoms with Crippen molar-refractivity contribution in [3.05, 3.63) is 0 Å². The van der Waals surface area contributed by atoms with Crippen LogP contribution in [-0.4, -0.2) is 20.4 Å². The summed E-state index contributed by atoms with van der Waals surface area (Å²) >= 11 is 0. The van der Waals surface area contributed by atoms with Crippen LogP contribution in [0.15, 0.2) is 0 Å². The molecule has 0 rings (SSSR count). The fraction of sp³-hybridized carbons (Fsp3) is 1.00. The van der Waals surface area contributed by atoms with Crippen LogP contribution >= 0.6 is 0 Å². The molecule has 0 bridgehead atoms. The molecule has 0 N–H and O–H groups in total. The van der Waals surface area contributed by atoms with Gasteiger partial charge in [0.25, 0.3) is 0 Å². The van der Waals surface area contributed by atoms with Crippen LogP contribution in [0.25, 0.3) is 0 Å². The lowest BCUT2D eigenvalue weighted by Crippen LogP contribution is -2.08. The van der Waals surface area contributed by atoms with Crippen LogP contribution in [0.5, 0.6) is 0 Å². The lowest BCUT2D eigenvalue weighted by Gasteiger charge is -1.97. The first-order valence-electron chi connectivity index (χ1n) is 2.69. The third kappa shape index (κ3) is 5.88. The van der Waals surface area contributed by atoms with Gasteiger partial charge >= 0.3 is 0 Å². The molecule has 0 amide bonds. The number of hydroxylamine groups is 1. The maximum atomic E-state index is 4.63. The van der Waals surface area contributed by atoms with Gasteiger partial charge in [0.2, 0.25) is 0 Å². The summed E-state index contributed by atoms with van der Waals surface area (Å²) in [5.74, 6) is 0. The van der Waals surface area contributed by atoms with E-state index in [1.807, 2.05) is 6.92 Å². The van der Waals surface area contributed by atoms with E-state index in [1.54, 1.807) is 7.11 Å². The molecule has 8 heavy (non-hydrogen) atoms. The van der Waals surface area contributed by atoms with Crippen LogP contribution in [-0.2, 0) is 9.57 Å². The Balaban J connectivity index is 2.53. The molecule has 49 valence electrons. The highest BCUT2D eigenvalue weighted by molar-refractivity contribution is 4.23. The normalized spacial score (nSPS) is 9.75. The molecule has 3 nitrogen and oxygen atoms in total. The topological polar surface area (TPSA) is 32.6 Å². The fourth-order valence-electron chi connectivity index (χ4n) is 0.246. The van der Waals surface area contributed by atoms with Gasteiger partial charge in [0.1, 0.15) is 0 Å². The number of rotatable bonds is 5. The number of nitrogens with zero attached hydrogens (tertiary/aromatic N) is 1. The van der Waals surface area contributed by atoms with Crippen molar-refractivity contribution in [3.63, 3.8) is 0 Å². The molecule has 0 saturated heterocycles. The Bertz CT molecular complexity index is 35.4. The molecule has 0 unspecified atom stereocenters. The van der Waals surface area contributed by atoms with Gasteiger partial charge in [0, 0.05) is 13.7 Å². The summed E-state index contributed by atoms with van der Waals surface area (Å²) in [5, 5.41) is 0. The second kappa shape index (κ2) is 6.88. The maximum absolute atomic E-state index is 4.63. The van der Waals surface area contributed by atoms with Gasteiger partial charge in [-0.15, -0.1) is 0 Å². The van der Waals surface area contributed by atoms with Gasteiger partial charge in [0.15, 0.2) is 6.79 Å². The van der Waals surface area contributed by atoms with Crippen molar-refractivity contribution in [1.82, 2.24) is 5.48 Å². The van der Waals surface area contributed by atoms with Gasteiger partial charge in [0.05, 0.1) is 0 Å². The molecule has 0 atom stereocenters. The Morgan fingerprint density at radius 3 is 2.75 bits per heavy atom. The van der Waals surface area contributed by atoms with Gasteiger partial charge in [-0.2, -0.15) is 0 Å². The van der Waals surface area contributed by atoms with E-state index in [0.717, 1.165) is 13.0 Å². The second-order valence-electron chi connectivity index (χ2n) is 1.39.